The second-order valence-electron chi connectivity index (χ2n) is 4.37. The Morgan fingerprint density at radius 1 is 1.42 bits per heavy atom. The van der Waals surface area contributed by atoms with Crippen molar-refractivity contribution in [1.29, 1.82) is 0 Å². The number of amides is 1. The standard InChI is InChI=1S/C14H18BrNO3/c1-4-9(2)12(14(18)19-3)16-13(17)10-6-5-7-11(15)8-10/h5-9,12H,4H2,1-3H3,(H,16,17)/t9-,12-/m1/s1. The van der Waals surface area contributed by atoms with E-state index in [1.54, 1.807) is 18.2 Å². The largest absolute Gasteiger partial charge is 0.467 e. The summed E-state index contributed by atoms with van der Waals surface area (Å²) < 4.78 is 5.55. The third-order valence-electron chi connectivity index (χ3n) is 3.04. The van der Waals surface area contributed by atoms with E-state index in [4.69, 9.17) is 4.74 Å². The van der Waals surface area contributed by atoms with Crippen molar-refractivity contribution in [2.45, 2.75) is 26.3 Å². The van der Waals surface area contributed by atoms with Crippen molar-refractivity contribution in [2.75, 3.05) is 7.11 Å². The second-order valence-corrected chi connectivity index (χ2v) is 5.29. The number of rotatable bonds is 5. The smallest absolute Gasteiger partial charge is 0.328 e. The molecule has 1 aromatic rings. The number of nitrogens with one attached hydrogen (secondary N) is 1. The van der Waals surface area contributed by atoms with Gasteiger partial charge in [0.05, 0.1) is 7.11 Å². The summed E-state index contributed by atoms with van der Waals surface area (Å²) in [7, 11) is 1.32. The molecule has 0 unspecified atom stereocenters. The van der Waals surface area contributed by atoms with Gasteiger partial charge in [-0.2, -0.15) is 0 Å². The normalized spacial score (nSPS) is 13.5. The maximum Gasteiger partial charge on any atom is 0.328 e. The summed E-state index contributed by atoms with van der Waals surface area (Å²) in [5.41, 5.74) is 0.506. The van der Waals surface area contributed by atoms with Gasteiger partial charge >= 0.3 is 5.97 Å². The molecule has 5 heteroatoms. The van der Waals surface area contributed by atoms with Gasteiger partial charge in [-0.1, -0.05) is 42.3 Å². The molecule has 0 aliphatic rings. The van der Waals surface area contributed by atoms with Crippen LogP contribution in [0.5, 0.6) is 0 Å². The molecule has 0 aliphatic carbocycles. The summed E-state index contributed by atoms with van der Waals surface area (Å²) in [5.74, 6) is -0.682. The van der Waals surface area contributed by atoms with Crippen LogP contribution in [0.15, 0.2) is 28.7 Å². The number of hydrogen-bond acceptors (Lipinski definition) is 3. The maximum atomic E-state index is 12.1. The number of carbonyl (C=O) groups excluding carboxylic acids is 2. The molecule has 0 fully saturated rings. The Bertz CT molecular complexity index is 462. The molecule has 104 valence electrons. The van der Waals surface area contributed by atoms with Gasteiger partial charge in [0, 0.05) is 10.0 Å². The summed E-state index contributed by atoms with van der Waals surface area (Å²) in [6.07, 6.45) is 0.776. The highest BCUT2D eigenvalue weighted by molar-refractivity contribution is 9.10. The fourth-order valence-corrected chi connectivity index (χ4v) is 2.05. The van der Waals surface area contributed by atoms with E-state index >= 15 is 0 Å². The van der Waals surface area contributed by atoms with E-state index in [1.807, 2.05) is 19.9 Å². The molecule has 1 aromatic carbocycles. The van der Waals surface area contributed by atoms with Crippen molar-refractivity contribution in [3.05, 3.63) is 34.3 Å². The van der Waals surface area contributed by atoms with Gasteiger partial charge in [0.25, 0.3) is 5.91 Å². The maximum absolute atomic E-state index is 12.1. The molecule has 4 nitrogen and oxygen atoms in total. The highest BCUT2D eigenvalue weighted by atomic mass is 79.9. The number of benzene rings is 1. The summed E-state index contributed by atoms with van der Waals surface area (Å²) in [6, 6.07) is 6.39. The minimum atomic E-state index is -0.624. The van der Waals surface area contributed by atoms with E-state index in [2.05, 4.69) is 21.2 Å². The number of esters is 1. The Kier molecular flexibility index (Phi) is 6.02. The van der Waals surface area contributed by atoms with Gasteiger partial charge < -0.3 is 10.1 Å². The number of methoxy groups -OCH3 is 1. The van der Waals surface area contributed by atoms with Crippen molar-refractivity contribution >= 4 is 27.8 Å². The van der Waals surface area contributed by atoms with Crippen molar-refractivity contribution in [2.24, 2.45) is 5.92 Å². The van der Waals surface area contributed by atoms with Crippen molar-refractivity contribution < 1.29 is 14.3 Å². The minimum absolute atomic E-state index is 0.0172. The lowest BCUT2D eigenvalue weighted by Crippen LogP contribution is -2.45. The first kappa shape index (κ1) is 15.7. The van der Waals surface area contributed by atoms with Gasteiger partial charge in [-0.15, -0.1) is 0 Å². The molecule has 0 saturated heterocycles. The van der Waals surface area contributed by atoms with E-state index in [-0.39, 0.29) is 11.8 Å². The molecule has 1 rings (SSSR count). The third-order valence-corrected chi connectivity index (χ3v) is 3.53. The summed E-state index contributed by atoms with van der Waals surface area (Å²) in [6.45, 7) is 3.87. The van der Waals surface area contributed by atoms with Gasteiger partial charge in [0.1, 0.15) is 6.04 Å². The number of carbonyl (C=O) groups is 2. The Morgan fingerprint density at radius 3 is 2.63 bits per heavy atom. The monoisotopic (exact) mass is 327 g/mol. The summed E-state index contributed by atoms with van der Waals surface area (Å²) in [4.78, 5) is 23.8. The number of hydrogen-bond donors (Lipinski definition) is 1. The van der Waals surface area contributed by atoms with E-state index in [0.29, 0.717) is 5.56 Å². The van der Waals surface area contributed by atoms with Crippen LogP contribution in [-0.2, 0) is 9.53 Å². The third kappa shape index (κ3) is 4.35. The molecule has 0 bridgehead atoms. The molecular weight excluding hydrogens is 310 g/mol. The zero-order chi connectivity index (χ0) is 14.4. The van der Waals surface area contributed by atoms with Gasteiger partial charge in [-0.3, -0.25) is 4.79 Å². The summed E-state index contributed by atoms with van der Waals surface area (Å²) >= 11 is 3.31. The minimum Gasteiger partial charge on any atom is -0.467 e. The molecule has 19 heavy (non-hydrogen) atoms. The number of halogens is 1. The average Bonchev–Trinajstić information content (AvgIpc) is 2.42. The van der Waals surface area contributed by atoms with Crippen LogP contribution in [0.3, 0.4) is 0 Å². The van der Waals surface area contributed by atoms with Crippen LogP contribution in [0.2, 0.25) is 0 Å². The van der Waals surface area contributed by atoms with Crippen LogP contribution < -0.4 is 5.32 Å². The van der Waals surface area contributed by atoms with Gasteiger partial charge in [-0.25, -0.2) is 4.79 Å². The lowest BCUT2D eigenvalue weighted by atomic mass is 9.99. The highest BCUT2D eigenvalue weighted by Gasteiger charge is 2.26. The lowest BCUT2D eigenvalue weighted by molar-refractivity contribution is -0.144. The van der Waals surface area contributed by atoms with Gasteiger partial charge in [0.15, 0.2) is 0 Å². The van der Waals surface area contributed by atoms with Gasteiger partial charge in [0.2, 0.25) is 0 Å². The molecule has 0 aromatic heterocycles. The molecule has 0 aliphatic heterocycles. The van der Waals surface area contributed by atoms with Crippen LogP contribution >= 0.6 is 15.9 Å². The fraction of sp³-hybridized carbons (Fsp3) is 0.429. The van der Waals surface area contributed by atoms with Crippen LogP contribution in [0.25, 0.3) is 0 Å². The van der Waals surface area contributed by atoms with E-state index in [0.717, 1.165) is 10.9 Å². The quantitative estimate of drug-likeness (QED) is 0.846. The molecule has 0 saturated carbocycles. The van der Waals surface area contributed by atoms with Crippen molar-refractivity contribution in [1.82, 2.24) is 5.32 Å². The van der Waals surface area contributed by atoms with Crippen LogP contribution in [0.4, 0.5) is 0 Å². The van der Waals surface area contributed by atoms with Crippen LogP contribution in [-0.4, -0.2) is 25.0 Å². The number of ether oxygens (including phenoxy) is 1. The zero-order valence-electron chi connectivity index (χ0n) is 11.3. The Balaban J connectivity index is 2.84. The SMILES string of the molecule is CC[C@@H](C)[C@@H](NC(=O)c1cccc(Br)c1)C(=O)OC. The molecule has 0 heterocycles. The zero-order valence-corrected chi connectivity index (χ0v) is 12.9. The highest BCUT2D eigenvalue weighted by Crippen LogP contribution is 2.14. The van der Waals surface area contributed by atoms with Crippen LogP contribution in [0.1, 0.15) is 30.6 Å². The lowest BCUT2D eigenvalue weighted by Gasteiger charge is -2.21. The Hall–Kier alpha value is -1.36. The molecule has 0 spiro atoms. The Morgan fingerprint density at radius 2 is 2.11 bits per heavy atom. The van der Waals surface area contributed by atoms with E-state index in [9.17, 15) is 9.59 Å². The van der Waals surface area contributed by atoms with E-state index < -0.39 is 12.0 Å². The van der Waals surface area contributed by atoms with Gasteiger partial charge in [-0.05, 0) is 24.1 Å². The predicted octanol–water partition coefficient (Wildman–Crippen LogP) is 2.77. The second kappa shape index (κ2) is 7.28. The first-order chi connectivity index (χ1) is 8.99. The van der Waals surface area contributed by atoms with E-state index in [1.165, 1.54) is 7.11 Å². The molecule has 0 radical (unpaired) electrons. The molecule has 1 N–H and O–H groups in total. The Labute approximate surface area is 121 Å². The molecule has 2 atom stereocenters. The summed E-state index contributed by atoms with van der Waals surface area (Å²) in [5, 5.41) is 2.73. The topological polar surface area (TPSA) is 55.4 Å². The molecule has 1 amide bonds. The van der Waals surface area contributed by atoms with Crippen molar-refractivity contribution in [3.63, 3.8) is 0 Å². The van der Waals surface area contributed by atoms with Crippen LogP contribution in [0, 0.1) is 5.92 Å². The fourth-order valence-electron chi connectivity index (χ4n) is 1.65. The first-order valence-corrected chi connectivity index (χ1v) is 6.93. The average molecular weight is 328 g/mol. The van der Waals surface area contributed by atoms with Crippen molar-refractivity contribution in [3.8, 4) is 0 Å². The predicted molar refractivity (Wildman–Crippen MR) is 76.9 cm³/mol. The molecular formula is C14H18BrNO3. The first-order valence-electron chi connectivity index (χ1n) is 6.13.